The van der Waals surface area contributed by atoms with Gasteiger partial charge in [0, 0.05) is 0 Å². The zero-order valence-electron chi connectivity index (χ0n) is 11.5. The van der Waals surface area contributed by atoms with Crippen molar-refractivity contribution in [2.45, 2.75) is 26.1 Å². The number of aliphatic hydroxyl groups excluding tert-OH is 2. The van der Waals surface area contributed by atoms with E-state index < -0.39 is 12.2 Å². The third-order valence-electron chi connectivity index (χ3n) is 2.96. The number of hydrogen-bond acceptors (Lipinski definition) is 2. The summed E-state index contributed by atoms with van der Waals surface area (Å²) >= 11 is 0.622. The van der Waals surface area contributed by atoms with Gasteiger partial charge >= 0.3 is 131 Å². The molecule has 0 saturated heterocycles. The summed E-state index contributed by atoms with van der Waals surface area (Å²) in [5.41, 5.74) is 2.06. The molecule has 0 heterocycles. The van der Waals surface area contributed by atoms with E-state index in [9.17, 15) is 10.2 Å². The number of rotatable bonds is 5. The molecular weight excluding hydrogens is 382 g/mol. The first-order valence-electron chi connectivity index (χ1n) is 6.48. The van der Waals surface area contributed by atoms with E-state index in [2.05, 4.69) is 12.1 Å². The summed E-state index contributed by atoms with van der Waals surface area (Å²) in [5.74, 6) is 0. The second-order valence-corrected chi connectivity index (χ2v) is 10.8. The Kier molecular flexibility index (Phi) is 5.85. The van der Waals surface area contributed by atoms with Crippen LogP contribution in [0.2, 0.25) is 0 Å². The molecule has 2 atom stereocenters. The zero-order chi connectivity index (χ0) is 14.5. The van der Waals surface area contributed by atoms with Gasteiger partial charge in [0.05, 0.1) is 0 Å². The Labute approximate surface area is 131 Å². The molecular formula is C16H18O2Se2. The van der Waals surface area contributed by atoms with Crippen molar-refractivity contribution < 1.29 is 10.2 Å². The Hall–Kier alpha value is -0.601. The van der Waals surface area contributed by atoms with Crippen LogP contribution in [-0.4, -0.2) is 36.5 Å². The molecule has 2 aromatic rings. The fraction of sp³-hybridized carbons (Fsp3) is 0.250. The van der Waals surface area contributed by atoms with Crippen LogP contribution in [0.1, 0.15) is 37.2 Å². The molecule has 2 rings (SSSR count). The quantitative estimate of drug-likeness (QED) is 0.738. The normalized spacial score (nSPS) is 14.0. The van der Waals surface area contributed by atoms with Crippen molar-refractivity contribution in [3.8, 4) is 0 Å². The Balaban J connectivity index is 2.17. The molecule has 0 saturated carbocycles. The van der Waals surface area contributed by atoms with Gasteiger partial charge in [-0.15, -0.1) is 0 Å². The molecule has 0 aliphatic heterocycles. The van der Waals surface area contributed by atoms with E-state index >= 15 is 0 Å². The van der Waals surface area contributed by atoms with Gasteiger partial charge in [0.25, 0.3) is 0 Å². The maximum atomic E-state index is 9.82. The van der Waals surface area contributed by atoms with Crippen molar-refractivity contribution in [3.05, 3.63) is 59.7 Å². The van der Waals surface area contributed by atoms with Gasteiger partial charge in [-0.1, -0.05) is 0 Å². The maximum absolute atomic E-state index is 9.82. The monoisotopic (exact) mass is 402 g/mol. The van der Waals surface area contributed by atoms with Crippen LogP contribution in [-0.2, 0) is 0 Å². The van der Waals surface area contributed by atoms with Crippen LogP contribution in [0.25, 0.3) is 0 Å². The summed E-state index contributed by atoms with van der Waals surface area (Å²) in [7, 11) is 0. The van der Waals surface area contributed by atoms with Crippen LogP contribution in [0.4, 0.5) is 0 Å². The van der Waals surface area contributed by atoms with Crippen LogP contribution in [0.5, 0.6) is 0 Å². The second kappa shape index (κ2) is 7.42. The van der Waals surface area contributed by atoms with Gasteiger partial charge in [0.1, 0.15) is 0 Å². The van der Waals surface area contributed by atoms with E-state index in [1.807, 2.05) is 50.2 Å². The summed E-state index contributed by atoms with van der Waals surface area (Å²) in [4.78, 5) is 0. The summed E-state index contributed by atoms with van der Waals surface area (Å²) in [5, 5.41) is 19.6. The zero-order valence-corrected chi connectivity index (χ0v) is 14.9. The van der Waals surface area contributed by atoms with Gasteiger partial charge < -0.3 is 0 Å². The fourth-order valence-corrected chi connectivity index (χ4v) is 9.50. The average molecular weight is 400 g/mol. The third kappa shape index (κ3) is 3.95. The topological polar surface area (TPSA) is 40.5 Å². The molecule has 0 unspecified atom stereocenters. The number of aliphatic hydroxyl groups is 2. The van der Waals surface area contributed by atoms with Crippen LogP contribution in [0.3, 0.4) is 0 Å². The van der Waals surface area contributed by atoms with E-state index in [0.717, 1.165) is 11.1 Å². The molecule has 106 valence electrons. The van der Waals surface area contributed by atoms with Crippen LogP contribution in [0.15, 0.2) is 48.5 Å². The molecule has 4 heteroatoms. The van der Waals surface area contributed by atoms with Gasteiger partial charge in [-0.05, 0) is 0 Å². The molecule has 20 heavy (non-hydrogen) atoms. The number of hydrogen-bond donors (Lipinski definition) is 2. The molecule has 2 nitrogen and oxygen atoms in total. The fourth-order valence-electron chi connectivity index (χ4n) is 1.89. The van der Waals surface area contributed by atoms with Gasteiger partial charge in [-0.25, -0.2) is 0 Å². The first-order valence-corrected chi connectivity index (χ1v) is 12.5. The van der Waals surface area contributed by atoms with Crippen LogP contribution < -0.4 is 8.92 Å². The van der Waals surface area contributed by atoms with Gasteiger partial charge in [0.2, 0.25) is 0 Å². The van der Waals surface area contributed by atoms with E-state index in [-0.39, 0.29) is 0 Å². The van der Waals surface area contributed by atoms with E-state index in [1.54, 1.807) is 0 Å². The van der Waals surface area contributed by atoms with Crippen molar-refractivity contribution in [3.63, 3.8) is 0 Å². The van der Waals surface area contributed by atoms with Crippen molar-refractivity contribution in [2.24, 2.45) is 0 Å². The molecule has 0 bridgehead atoms. The molecule has 2 N–H and O–H groups in total. The van der Waals surface area contributed by atoms with Crippen LogP contribution in [0, 0.1) is 0 Å². The van der Waals surface area contributed by atoms with E-state index in [1.165, 1.54) is 8.92 Å². The van der Waals surface area contributed by atoms with E-state index in [0.29, 0.717) is 26.3 Å². The molecule has 0 fully saturated rings. The molecule has 0 amide bonds. The first kappa shape index (κ1) is 15.8. The van der Waals surface area contributed by atoms with Gasteiger partial charge in [-0.3, -0.25) is 0 Å². The van der Waals surface area contributed by atoms with Crippen molar-refractivity contribution in [1.82, 2.24) is 0 Å². The standard InChI is InChI=1S/C16H18O2Se2/c1-11(17)13-7-3-5-9-15(13)19-20-16-10-6-4-8-14(16)12(2)18/h3-12,17-18H,1-2H3/t11-,12-/m1/s1. The Morgan fingerprint density at radius 3 is 1.40 bits per heavy atom. The average Bonchev–Trinajstić information content (AvgIpc) is 2.45. The predicted molar refractivity (Wildman–Crippen MR) is 84.9 cm³/mol. The van der Waals surface area contributed by atoms with Crippen LogP contribution >= 0.6 is 0 Å². The predicted octanol–water partition coefficient (Wildman–Crippen LogP) is 1.07. The minimum absolute atomic E-state index is 0.311. The summed E-state index contributed by atoms with van der Waals surface area (Å²) < 4.78 is 2.52. The number of benzene rings is 2. The first-order chi connectivity index (χ1) is 9.59. The molecule has 2 aromatic carbocycles. The molecule has 0 aromatic heterocycles. The summed E-state index contributed by atoms with van der Waals surface area (Å²) in [6.07, 6.45) is -0.841. The van der Waals surface area contributed by atoms with Gasteiger partial charge in [-0.2, -0.15) is 0 Å². The van der Waals surface area contributed by atoms with Crippen molar-refractivity contribution in [1.29, 1.82) is 0 Å². The Morgan fingerprint density at radius 2 is 1.05 bits per heavy atom. The SMILES string of the molecule is C[C@@H](O)c1ccccc1[Se][Se]c1ccccc1[C@@H](C)O. The molecule has 0 aliphatic rings. The summed E-state index contributed by atoms with van der Waals surface area (Å²) in [6, 6.07) is 16.2. The Morgan fingerprint density at radius 1 is 0.700 bits per heavy atom. The third-order valence-corrected chi connectivity index (χ3v) is 10.3. The molecule has 0 spiro atoms. The van der Waals surface area contributed by atoms with Crippen molar-refractivity contribution in [2.75, 3.05) is 0 Å². The Bertz CT molecular complexity index is 516. The van der Waals surface area contributed by atoms with Gasteiger partial charge in [0.15, 0.2) is 0 Å². The second-order valence-electron chi connectivity index (χ2n) is 4.59. The minimum atomic E-state index is -0.420. The molecule has 0 aliphatic carbocycles. The summed E-state index contributed by atoms with van der Waals surface area (Å²) in [6.45, 7) is 3.62. The molecule has 0 radical (unpaired) electrons. The van der Waals surface area contributed by atoms with E-state index in [4.69, 9.17) is 0 Å². The van der Waals surface area contributed by atoms with Crippen molar-refractivity contribution >= 4 is 35.2 Å².